The molecule has 0 amide bonds. The van der Waals surface area contributed by atoms with Crippen LogP contribution in [0.3, 0.4) is 0 Å². The van der Waals surface area contributed by atoms with Crippen LogP contribution in [0.4, 0.5) is 0 Å². The van der Waals surface area contributed by atoms with E-state index in [9.17, 15) is 0 Å². The highest BCUT2D eigenvalue weighted by Crippen LogP contribution is 2.17. The molecule has 0 saturated carbocycles. The summed E-state index contributed by atoms with van der Waals surface area (Å²) >= 11 is 2.38. The zero-order valence-electron chi connectivity index (χ0n) is 8.56. The second kappa shape index (κ2) is 4.40. The van der Waals surface area contributed by atoms with Gasteiger partial charge in [-0.25, -0.2) is 0 Å². The van der Waals surface area contributed by atoms with Gasteiger partial charge >= 0.3 is 0 Å². The first-order valence-corrected chi connectivity index (χ1v) is 5.19. The number of hydrogen-bond donors (Lipinski definition) is 0. The minimum Gasteiger partial charge on any atom is -0.269 e. The first-order valence-electron chi connectivity index (χ1n) is 4.12. The summed E-state index contributed by atoms with van der Waals surface area (Å²) in [5.41, 5.74) is 0.180. The molecule has 12 heavy (non-hydrogen) atoms. The molecule has 70 valence electrons. The topological polar surface area (TPSA) is 12.4 Å². The van der Waals surface area contributed by atoms with Crippen molar-refractivity contribution in [3.8, 4) is 0 Å². The molecule has 0 aromatic carbocycles. The van der Waals surface area contributed by atoms with E-state index in [4.69, 9.17) is 0 Å². The van der Waals surface area contributed by atoms with Gasteiger partial charge in [-0.15, -0.1) is 0 Å². The predicted octanol–water partition coefficient (Wildman–Crippen LogP) is 3.83. The SMILES string of the molecule is CC(C)(C)C=N/C=C/C(C)(C)I. The molecule has 0 radical (unpaired) electrons. The minimum atomic E-state index is 0.180. The lowest BCUT2D eigenvalue weighted by Crippen LogP contribution is -2.06. The largest absolute Gasteiger partial charge is 0.269 e. The van der Waals surface area contributed by atoms with Crippen LogP contribution in [-0.4, -0.2) is 9.64 Å². The quantitative estimate of drug-likeness (QED) is 0.414. The zero-order valence-corrected chi connectivity index (χ0v) is 10.7. The number of hydrogen-bond acceptors (Lipinski definition) is 1. The number of halogens is 1. The van der Waals surface area contributed by atoms with E-state index in [2.05, 4.69) is 68.3 Å². The molecule has 0 fully saturated rings. The van der Waals surface area contributed by atoms with Gasteiger partial charge in [0.2, 0.25) is 0 Å². The lowest BCUT2D eigenvalue weighted by Gasteiger charge is -2.10. The standard InChI is InChI=1S/C10H18IN/c1-9(2,3)8-12-7-6-10(4,5)11/h6-8H,1-5H3/b7-6+,12-8?. The van der Waals surface area contributed by atoms with E-state index in [1.807, 2.05) is 12.4 Å². The Morgan fingerprint density at radius 1 is 1.08 bits per heavy atom. The molecule has 0 heterocycles. The highest BCUT2D eigenvalue weighted by atomic mass is 127. The van der Waals surface area contributed by atoms with E-state index in [1.165, 1.54) is 0 Å². The Morgan fingerprint density at radius 2 is 1.58 bits per heavy atom. The Kier molecular flexibility index (Phi) is 4.45. The Morgan fingerprint density at radius 3 is 1.92 bits per heavy atom. The van der Waals surface area contributed by atoms with Gasteiger partial charge in [-0.05, 0) is 19.3 Å². The fourth-order valence-electron chi connectivity index (χ4n) is 0.487. The zero-order chi connectivity index (χ0) is 9.83. The molecule has 1 nitrogen and oxygen atoms in total. The van der Waals surface area contributed by atoms with Crippen molar-refractivity contribution >= 4 is 28.8 Å². The summed E-state index contributed by atoms with van der Waals surface area (Å²) in [5, 5.41) is 0. The number of alkyl halides is 1. The van der Waals surface area contributed by atoms with Gasteiger partial charge in [0, 0.05) is 15.8 Å². The van der Waals surface area contributed by atoms with Crippen LogP contribution in [0.1, 0.15) is 34.6 Å². The highest BCUT2D eigenvalue weighted by Gasteiger charge is 2.06. The Labute approximate surface area is 89.5 Å². The molecule has 0 bridgehead atoms. The molecule has 0 aliphatic heterocycles. The van der Waals surface area contributed by atoms with Crippen molar-refractivity contribution in [3.05, 3.63) is 12.3 Å². The van der Waals surface area contributed by atoms with Crippen LogP contribution in [0.25, 0.3) is 0 Å². The molecule has 0 aromatic heterocycles. The van der Waals surface area contributed by atoms with Crippen LogP contribution in [0.15, 0.2) is 17.3 Å². The van der Waals surface area contributed by atoms with E-state index in [0.29, 0.717) is 0 Å². The molecule has 2 heteroatoms. The second-order valence-electron chi connectivity index (χ2n) is 4.52. The van der Waals surface area contributed by atoms with E-state index in [1.54, 1.807) is 0 Å². The van der Waals surface area contributed by atoms with Crippen molar-refractivity contribution in [1.82, 2.24) is 0 Å². The second-order valence-corrected chi connectivity index (χ2v) is 7.30. The van der Waals surface area contributed by atoms with Crippen LogP contribution >= 0.6 is 22.6 Å². The smallest absolute Gasteiger partial charge is 0.0362 e. The van der Waals surface area contributed by atoms with Gasteiger partial charge < -0.3 is 0 Å². The summed E-state index contributed by atoms with van der Waals surface area (Å²) in [6.07, 6.45) is 5.93. The van der Waals surface area contributed by atoms with Crippen LogP contribution < -0.4 is 0 Å². The lowest BCUT2D eigenvalue weighted by atomic mass is 9.99. The first kappa shape index (κ1) is 12.1. The van der Waals surface area contributed by atoms with Gasteiger partial charge in [-0.3, -0.25) is 4.99 Å². The molecule has 0 aliphatic rings. The highest BCUT2D eigenvalue weighted by molar-refractivity contribution is 14.1. The lowest BCUT2D eigenvalue weighted by molar-refractivity contribution is 0.607. The molecule has 0 aromatic rings. The molecule has 0 atom stereocenters. The van der Waals surface area contributed by atoms with Crippen molar-refractivity contribution in [2.75, 3.05) is 0 Å². The third kappa shape index (κ3) is 10.1. The number of allylic oxidation sites excluding steroid dienone is 1. The summed E-state index contributed by atoms with van der Waals surface area (Å²) in [6, 6.07) is 0. The molecule has 0 rings (SSSR count). The van der Waals surface area contributed by atoms with Gasteiger partial charge in [0.25, 0.3) is 0 Å². The monoisotopic (exact) mass is 279 g/mol. The third-order valence-electron chi connectivity index (χ3n) is 1.02. The maximum absolute atomic E-state index is 4.22. The van der Waals surface area contributed by atoms with Crippen molar-refractivity contribution in [2.45, 2.75) is 38.0 Å². The summed E-state index contributed by atoms with van der Waals surface area (Å²) in [5.74, 6) is 0. The minimum absolute atomic E-state index is 0.180. The van der Waals surface area contributed by atoms with Crippen molar-refractivity contribution in [2.24, 2.45) is 10.4 Å². The van der Waals surface area contributed by atoms with E-state index in [-0.39, 0.29) is 8.84 Å². The predicted molar refractivity (Wildman–Crippen MR) is 65.2 cm³/mol. The Bertz CT molecular complexity index is 157. The van der Waals surface area contributed by atoms with Crippen molar-refractivity contribution < 1.29 is 0 Å². The Hall–Kier alpha value is 0.140. The van der Waals surface area contributed by atoms with Gasteiger partial charge in [0.1, 0.15) is 0 Å². The van der Waals surface area contributed by atoms with Crippen molar-refractivity contribution in [1.29, 1.82) is 0 Å². The van der Waals surface area contributed by atoms with Crippen molar-refractivity contribution in [3.63, 3.8) is 0 Å². The summed E-state index contributed by atoms with van der Waals surface area (Å²) in [7, 11) is 0. The average Bonchev–Trinajstić information content (AvgIpc) is 1.76. The third-order valence-corrected chi connectivity index (χ3v) is 1.38. The van der Waals surface area contributed by atoms with Crippen LogP contribution in [0.5, 0.6) is 0 Å². The maximum atomic E-state index is 4.22. The van der Waals surface area contributed by atoms with Crippen LogP contribution in [0, 0.1) is 5.41 Å². The van der Waals surface area contributed by atoms with E-state index >= 15 is 0 Å². The average molecular weight is 279 g/mol. The van der Waals surface area contributed by atoms with E-state index in [0.717, 1.165) is 0 Å². The number of aliphatic imine (C=N–C) groups is 1. The molecule has 0 spiro atoms. The summed E-state index contributed by atoms with van der Waals surface area (Å²) in [4.78, 5) is 4.22. The molecule has 0 unspecified atom stereocenters. The van der Waals surface area contributed by atoms with Gasteiger partial charge in [-0.1, -0.05) is 49.4 Å². The fourth-order valence-corrected chi connectivity index (χ4v) is 0.648. The maximum Gasteiger partial charge on any atom is 0.0362 e. The van der Waals surface area contributed by atoms with E-state index < -0.39 is 0 Å². The molecule has 0 N–H and O–H groups in total. The molecular formula is C10H18IN. The summed E-state index contributed by atoms with van der Waals surface area (Å²) < 4.78 is 0.201. The van der Waals surface area contributed by atoms with Crippen LogP contribution in [-0.2, 0) is 0 Å². The fraction of sp³-hybridized carbons (Fsp3) is 0.700. The first-order chi connectivity index (χ1) is 5.21. The molecule has 0 saturated heterocycles. The van der Waals surface area contributed by atoms with Gasteiger partial charge in [0.05, 0.1) is 0 Å². The Balaban J connectivity index is 4.00. The number of rotatable bonds is 2. The normalized spacial score (nSPS) is 14.8. The van der Waals surface area contributed by atoms with Crippen LogP contribution in [0.2, 0.25) is 0 Å². The summed E-state index contributed by atoms with van der Waals surface area (Å²) in [6.45, 7) is 10.7. The van der Waals surface area contributed by atoms with Gasteiger partial charge in [0.15, 0.2) is 0 Å². The number of nitrogens with zero attached hydrogens (tertiary/aromatic N) is 1. The van der Waals surface area contributed by atoms with Gasteiger partial charge in [-0.2, -0.15) is 0 Å². The molecular weight excluding hydrogens is 261 g/mol. The molecule has 0 aliphatic carbocycles.